The second-order valence-corrected chi connectivity index (χ2v) is 25.7. The van der Waals surface area contributed by atoms with Gasteiger partial charge in [-0.2, -0.15) is 0 Å². The number of hydrogen-bond acceptors (Lipinski definition) is 8. The Hall–Kier alpha value is -2.11. The van der Waals surface area contributed by atoms with Crippen LogP contribution in [0.15, 0.2) is 60.8 Å². The molecular formula is C76H141NO8. The number of ether oxygens (including phenoxy) is 2. The zero-order chi connectivity index (χ0) is 61.4. The van der Waals surface area contributed by atoms with Crippen molar-refractivity contribution in [2.75, 3.05) is 13.2 Å². The molecule has 7 unspecified atom stereocenters. The molecule has 0 aromatic carbocycles. The molecule has 1 aliphatic heterocycles. The van der Waals surface area contributed by atoms with E-state index < -0.39 is 49.5 Å². The number of rotatable bonds is 65. The molecule has 1 fully saturated rings. The number of aliphatic hydroxyl groups excluding tert-OH is 5. The highest BCUT2D eigenvalue weighted by Gasteiger charge is 2.44. The second kappa shape index (κ2) is 64.9. The van der Waals surface area contributed by atoms with Gasteiger partial charge in [-0.15, -0.1) is 0 Å². The third-order valence-corrected chi connectivity index (χ3v) is 17.6. The van der Waals surface area contributed by atoms with Crippen molar-refractivity contribution in [1.82, 2.24) is 5.32 Å². The molecule has 1 saturated heterocycles. The summed E-state index contributed by atoms with van der Waals surface area (Å²) in [5.74, 6) is -0.182. The van der Waals surface area contributed by atoms with Gasteiger partial charge in [0.25, 0.3) is 0 Å². The molecule has 1 heterocycles. The number of amides is 1. The Morgan fingerprint density at radius 3 is 1.07 bits per heavy atom. The fourth-order valence-corrected chi connectivity index (χ4v) is 11.8. The quantitative estimate of drug-likeness (QED) is 0.0261. The van der Waals surface area contributed by atoms with E-state index in [0.717, 1.165) is 51.4 Å². The molecule has 9 nitrogen and oxygen atoms in total. The fraction of sp³-hybridized carbons (Fsp3) is 0.855. The van der Waals surface area contributed by atoms with Crippen LogP contribution in [0.1, 0.15) is 361 Å². The van der Waals surface area contributed by atoms with E-state index in [1.807, 2.05) is 6.08 Å². The molecule has 498 valence electrons. The highest BCUT2D eigenvalue weighted by molar-refractivity contribution is 5.76. The number of carbonyl (C=O) groups is 1. The first kappa shape index (κ1) is 80.9. The van der Waals surface area contributed by atoms with Crippen molar-refractivity contribution in [2.45, 2.75) is 403 Å². The van der Waals surface area contributed by atoms with Gasteiger partial charge in [0, 0.05) is 6.42 Å². The Kier molecular flexibility index (Phi) is 61.7. The maximum Gasteiger partial charge on any atom is 0.220 e. The minimum Gasteiger partial charge on any atom is -0.394 e. The van der Waals surface area contributed by atoms with Crippen LogP contribution in [-0.4, -0.2) is 87.5 Å². The van der Waals surface area contributed by atoms with E-state index in [4.69, 9.17) is 9.47 Å². The molecule has 0 spiro atoms. The summed E-state index contributed by atoms with van der Waals surface area (Å²) in [5.41, 5.74) is 0. The van der Waals surface area contributed by atoms with Gasteiger partial charge in [0.05, 0.1) is 25.4 Å². The first-order valence-corrected chi connectivity index (χ1v) is 37.0. The van der Waals surface area contributed by atoms with Crippen molar-refractivity contribution in [3.63, 3.8) is 0 Å². The Morgan fingerprint density at radius 2 is 0.706 bits per heavy atom. The summed E-state index contributed by atoms with van der Waals surface area (Å²) in [5, 5.41) is 54.8. The van der Waals surface area contributed by atoms with Crippen molar-refractivity contribution >= 4 is 5.91 Å². The van der Waals surface area contributed by atoms with Crippen LogP contribution >= 0.6 is 0 Å². The first-order valence-electron chi connectivity index (χ1n) is 37.0. The molecule has 0 aliphatic carbocycles. The fourth-order valence-electron chi connectivity index (χ4n) is 11.8. The minimum atomic E-state index is -1.57. The predicted octanol–water partition coefficient (Wildman–Crippen LogP) is 20.5. The Morgan fingerprint density at radius 1 is 0.400 bits per heavy atom. The largest absolute Gasteiger partial charge is 0.394 e. The summed E-state index contributed by atoms with van der Waals surface area (Å²) < 4.78 is 11.3. The minimum absolute atomic E-state index is 0.182. The van der Waals surface area contributed by atoms with Crippen molar-refractivity contribution in [2.24, 2.45) is 0 Å². The Balaban J connectivity index is 2.12. The van der Waals surface area contributed by atoms with Gasteiger partial charge < -0.3 is 40.3 Å². The zero-order valence-corrected chi connectivity index (χ0v) is 55.9. The van der Waals surface area contributed by atoms with Crippen LogP contribution < -0.4 is 5.32 Å². The molecule has 7 atom stereocenters. The van der Waals surface area contributed by atoms with Crippen molar-refractivity contribution in [1.29, 1.82) is 0 Å². The zero-order valence-electron chi connectivity index (χ0n) is 55.9. The van der Waals surface area contributed by atoms with Crippen LogP contribution in [0.5, 0.6) is 0 Å². The maximum absolute atomic E-state index is 13.1. The molecule has 1 amide bonds. The number of allylic oxidation sites excluding steroid dienone is 9. The smallest absolute Gasteiger partial charge is 0.220 e. The highest BCUT2D eigenvalue weighted by Crippen LogP contribution is 2.23. The summed E-state index contributed by atoms with van der Waals surface area (Å²) in [7, 11) is 0. The highest BCUT2D eigenvalue weighted by atomic mass is 16.7. The van der Waals surface area contributed by atoms with E-state index in [9.17, 15) is 30.3 Å². The summed E-state index contributed by atoms with van der Waals surface area (Å²) in [6, 6.07) is -0.825. The van der Waals surface area contributed by atoms with Gasteiger partial charge in [0.15, 0.2) is 6.29 Å². The second-order valence-electron chi connectivity index (χ2n) is 25.7. The van der Waals surface area contributed by atoms with Crippen LogP contribution in [0.3, 0.4) is 0 Å². The summed E-state index contributed by atoms with van der Waals surface area (Å²) in [6.07, 6.45) is 83.4. The van der Waals surface area contributed by atoms with E-state index >= 15 is 0 Å². The van der Waals surface area contributed by atoms with E-state index in [-0.39, 0.29) is 12.5 Å². The molecule has 85 heavy (non-hydrogen) atoms. The molecule has 0 bridgehead atoms. The topological polar surface area (TPSA) is 149 Å². The molecule has 9 heteroatoms. The van der Waals surface area contributed by atoms with Gasteiger partial charge >= 0.3 is 0 Å². The van der Waals surface area contributed by atoms with Gasteiger partial charge in [-0.3, -0.25) is 4.79 Å². The van der Waals surface area contributed by atoms with Crippen LogP contribution in [0.4, 0.5) is 0 Å². The van der Waals surface area contributed by atoms with E-state index in [2.05, 4.69) is 67.8 Å². The molecule has 0 aromatic rings. The molecular weight excluding hydrogens is 1050 g/mol. The third-order valence-electron chi connectivity index (χ3n) is 17.6. The number of hydrogen-bond donors (Lipinski definition) is 6. The van der Waals surface area contributed by atoms with Gasteiger partial charge in [0.2, 0.25) is 5.91 Å². The number of nitrogens with one attached hydrogen (secondary N) is 1. The molecule has 6 N–H and O–H groups in total. The van der Waals surface area contributed by atoms with E-state index in [0.29, 0.717) is 6.42 Å². The van der Waals surface area contributed by atoms with Crippen LogP contribution in [0.2, 0.25) is 0 Å². The van der Waals surface area contributed by atoms with Crippen LogP contribution in [-0.2, 0) is 14.3 Å². The summed E-state index contributed by atoms with van der Waals surface area (Å²) in [4.78, 5) is 13.1. The third kappa shape index (κ3) is 53.4. The molecule has 1 aliphatic rings. The van der Waals surface area contributed by atoms with Gasteiger partial charge in [-0.1, -0.05) is 344 Å². The SMILES string of the molecule is CCCCCCC/C=C\C/C=C\C/C=C\CCCCCCCCCCCCCCCCCCCCC(=O)NC(COC1OC(CO)C(O)C(O)C1O)C(O)/C=C/CC/C=C/CCCCCCCCCCCCCCCCCCCCCCCCC. The average Bonchev–Trinajstić information content (AvgIpc) is 3.68. The normalized spacial score (nSPS) is 18.4. The monoisotopic (exact) mass is 1200 g/mol. The molecule has 0 aromatic heterocycles. The summed E-state index contributed by atoms with van der Waals surface area (Å²) >= 11 is 0. The van der Waals surface area contributed by atoms with Crippen molar-refractivity contribution in [3.05, 3.63) is 60.8 Å². The lowest BCUT2D eigenvalue weighted by molar-refractivity contribution is -0.302. The molecule has 0 saturated carbocycles. The number of carbonyl (C=O) groups excluding carboxylic acids is 1. The van der Waals surface area contributed by atoms with E-state index in [1.165, 1.54) is 289 Å². The van der Waals surface area contributed by atoms with Gasteiger partial charge in [-0.25, -0.2) is 0 Å². The van der Waals surface area contributed by atoms with E-state index in [1.54, 1.807) is 6.08 Å². The van der Waals surface area contributed by atoms with Gasteiger partial charge in [-0.05, 0) is 70.6 Å². The standard InChI is InChI=1S/C76H141NO8/c1-3-5-7-9-11-13-15-17-19-21-23-25-27-29-31-33-34-35-36-38-40-42-44-46-48-50-52-54-56-58-60-62-64-66-72(80)77-69(68-84-76-75(83)74(82)73(81)71(67-78)85-76)70(79)65-63-61-59-57-55-53-51-49-47-45-43-41-39-37-32-30-28-26-24-22-20-18-16-14-12-10-8-6-4-2/h15,17,21,23,27,29,55,57,63,65,69-71,73-76,78-79,81-83H,3-14,16,18-20,22,24-26,28,30-54,56,58-62,64,66-68H2,1-2H3,(H,77,80)/b17-15-,23-21-,29-27-,57-55+,65-63+. The first-order chi connectivity index (χ1) is 41.8. The Labute approximate surface area is 526 Å². The predicted molar refractivity (Wildman–Crippen MR) is 364 cm³/mol. The van der Waals surface area contributed by atoms with Crippen molar-refractivity contribution in [3.8, 4) is 0 Å². The number of unbranched alkanes of at least 4 members (excludes halogenated alkanes) is 47. The van der Waals surface area contributed by atoms with Crippen LogP contribution in [0, 0.1) is 0 Å². The van der Waals surface area contributed by atoms with Crippen LogP contribution in [0.25, 0.3) is 0 Å². The van der Waals surface area contributed by atoms with Crippen molar-refractivity contribution < 1.29 is 39.8 Å². The lowest BCUT2D eigenvalue weighted by Gasteiger charge is -2.40. The molecule has 1 rings (SSSR count). The van der Waals surface area contributed by atoms with Gasteiger partial charge in [0.1, 0.15) is 24.4 Å². The summed E-state index contributed by atoms with van der Waals surface area (Å²) in [6.45, 7) is 3.80. The lowest BCUT2D eigenvalue weighted by atomic mass is 9.99. The lowest BCUT2D eigenvalue weighted by Crippen LogP contribution is -2.60. The maximum atomic E-state index is 13.1. The Bertz CT molecular complexity index is 1530. The average molecular weight is 1200 g/mol. The molecule has 0 radical (unpaired) electrons. The number of aliphatic hydroxyl groups is 5.